The van der Waals surface area contributed by atoms with Crippen LogP contribution in [-0.4, -0.2) is 25.7 Å². The molecule has 0 aromatic rings. The molecular weight excluding hydrogens is 252 g/mol. The summed E-state index contributed by atoms with van der Waals surface area (Å²) in [5, 5.41) is 9.18. The quantitative estimate of drug-likeness (QED) is 0.518. The van der Waals surface area contributed by atoms with E-state index in [-0.39, 0.29) is 10.5 Å². The Balaban J connectivity index is 5.22. The number of aliphatic carboxylic acids is 1. The Hall–Kier alpha value is -0.840. The van der Waals surface area contributed by atoms with Gasteiger partial charge in [-0.05, 0) is 25.7 Å². The normalized spacial score (nSPS) is 13.3. The summed E-state index contributed by atoms with van der Waals surface area (Å²) in [4.78, 5) is 11.3. The van der Waals surface area contributed by atoms with Crippen LogP contribution in [0.25, 0.3) is 0 Å². The number of carboxylic acids is 1. The third-order valence-corrected chi connectivity index (χ3v) is 4.18. The molecule has 0 fully saturated rings. The molecule has 0 saturated heterocycles. The zero-order chi connectivity index (χ0) is 14.2. The van der Waals surface area contributed by atoms with Crippen LogP contribution in [-0.2, 0) is 14.6 Å². The van der Waals surface area contributed by atoms with Crippen LogP contribution in [0, 0.1) is 0 Å². The molecule has 0 radical (unpaired) electrons. The zero-order valence-corrected chi connectivity index (χ0v) is 12.3. The maximum Gasteiger partial charge on any atom is 0.332 e. The van der Waals surface area contributed by atoms with E-state index >= 15 is 0 Å². The molecule has 1 N–H and O–H groups in total. The SMILES string of the molecule is CCCCCC(C(=O)O)=C(CCCC)S(C)(=O)=O. The Labute approximate surface area is 110 Å². The molecule has 0 amide bonds. The molecule has 0 spiro atoms. The molecule has 0 atom stereocenters. The van der Waals surface area contributed by atoms with Crippen molar-refractivity contribution in [3.05, 3.63) is 10.5 Å². The van der Waals surface area contributed by atoms with Crippen LogP contribution in [0.4, 0.5) is 0 Å². The predicted octanol–water partition coefficient (Wildman–Crippen LogP) is 3.14. The van der Waals surface area contributed by atoms with Gasteiger partial charge in [0.25, 0.3) is 0 Å². The fourth-order valence-electron chi connectivity index (χ4n) is 1.81. The number of hydrogen-bond acceptors (Lipinski definition) is 3. The molecule has 4 nitrogen and oxygen atoms in total. The first-order valence-corrected chi connectivity index (χ1v) is 8.39. The van der Waals surface area contributed by atoms with Crippen molar-refractivity contribution in [2.75, 3.05) is 6.26 Å². The molecule has 5 heteroatoms. The lowest BCUT2D eigenvalue weighted by Crippen LogP contribution is -2.12. The largest absolute Gasteiger partial charge is 0.478 e. The van der Waals surface area contributed by atoms with Gasteiger partial charge in [0.05, 0.1) is 10.5 Å². The average Bonchev–Trinajstić information content (AvgIpc) is 2.25. The second kappa shape index (κ2) is 8.29. The van der Waals surface area contributed by atoms with Crippen molar-refractivity contribution in [3.8, 4) is 0 Å². The van der Waals surface area contributed by atoms with Crippen molar-refractivity contribution < 1.29 is 18.3 Å². The molecule has 0 aromatic heterocycles. The van der Waals surface area contributed by atoms with E-state index in [4.69, 9.17) is 0 Å². The average molecular weight is 276 g/mol. The van der Waals surface area contributed by atoms with Crippen molar-refractivity contribution in [3.63, 3.8) is 0 Å². The van der Waals surface area contributed by atoms with E-state index in [1.54, 1.807) is 0 Å². The molecule has 0 heterocycles. The monoisotopic (exact) mass is 276 g/mol. The number of carbonyl (C=O) groups is 1. The van der Waals surface area contributed by atoms with Crippen molar-refractivity contribution >= 4 is 15.8 Å². The molecule has 0 aliphatic rings. The highest BCUT2D eigenvalue weighted by atomic mass is 32.2. The minimum atomic E-state index is -3.42. The van der Waals surface area contributed by atoms with Gasteiger partial charge in [-0.15, -0.1) is 0 Å². The smallest absolute Gasteiger partial charge is 0.332 e. The molecule has 0 rings (SSSR count). The maximum absolute atomic E-state index is 11.7. The van der Waals surface area contributed by atoms with Crippen molar-refractivity contribution in [1.82, 2.24) is 0 Å². The lowest BCUT2D eigenvalue weighted by molar-refractivity contribution is -0.132. The zero-order valence-electron chi connectivity index (χ0n) is 11.5. The number of unbranched alkanes of at least 4 members (excludes halogenated alkanes) is 3. The van der Waals surface area contributed by atoms with E-state index in [1.165, 1.54) is 0 Å². The standard InChI is InChI=1S/C13H24O4S/c1-4-6-8-9-11(13(14)15)12(10-7-5-2)18(3,16)17/h4-10H2,1-3H3,(H,14,15). The van der Waals surface area contributed by atoms with Gasteiger partial charge in [0, 0.05) is 6.26 Å². The number of allylic oxidation sites excluding steroid dienone is 1. The highest BCUT2D eigenvalue weighted by Gasteiger charge is 2.21. The summed E-state index contributed by atoms with van der Waals surface area (Å²) < 4.78 is 23.4. The van der Waals surface area contributed by atoms with Gasteiger partial charge in [-0.2, -0.15) is 0 Å². The Morgan fingerprint density at radius 2 is 1.56 bits per heavy atom. The number of hydrogen-bond donors (Lipinski definition) is 1. The second-order valence-corrected chi connectivity index (χ2v) is 6.58. The molecule has 0 aliphatic heterocycles. The van der Waals surface area contributed by atoms with Crippen LogP contribution in [0.3, 0.4) is 0 Å². The summed E-state index contributed by atoms with van der Waals surface area (Å²) in [6.45, 7) is 3.98. The molecule has 0 aliphatic carbocycles. The Morgan fingerprint density at radius 3 is 1.94 bits per heavy atom. The van der Waals surface area contributed by atoms with Crippen molar-refractivity contribution in [1.29, 1.82) is 0 Å². The maximum atomic E-state index is 11.7. The minimum Gasteiger partial charge on any atom is -0.478 e. The highest BCUT2D eigenvalue weighted by molar-refractivity contribution is 7.94. The lowest BCUT2D eigenvalue weighted by Gasteiger charge is -2.10. The number of sulfone groups is 1. The highest BCUT2D eigenvalue weighted by Crippen LogP contribution is 2.23. The summed E-state index contributed by atoms with van der Waals surface area (Å²) in [5.74, 6) is -1.09. The Morgan fingerprint density at radius 1 is 1.00 bits per heavy atom. The van der Waals surface area contributed by atoms with E-state index in [1.807, 2.05) is 13.8 Å². The van der Waals surface area contributed by atoms with E-state index < -0.39 is 15.8 Å². The topological polar surface area (TPSA) is 71.4 Å². The van der Waals surface area contributed by atoms with Gasteiger partial charge < -0.3 is 5.11 Å². The fraction of sp³-hybridized carbons (Fsp3) is 0.769. The first-order chi connectivity index (χ1) is 8.34. The van der Waals surface area contributed by atoms with Crippen LogP contribution in [0.15, 0.2) is 10.5 Å². The van der Waals surface area contributed by atoms with Crippen LogP contribution < -0.4 is 0 Å². The Kier molecular flexibility index (Phi) is 7.91. The Bertz CT molecular complexity index is 393. The van der Waals surface area contributed by atoms with Gasteiger partial charge in [0.1, 0.15) is 0 Å². The summed E-state index contributed by atoms with van der Waals surface area (Å²) in [7, 11) is -3.42. The van der Waals surface area contributed by atoms with Gasteiger partial charge in [-0.1, -0.05) is 33.1 Å². The van der Waals surface area contributed by atoms with Crippen molar-refractivity contribution in [2.45, 2.75) is 58.8 Å². The lowest BCUT2D eigenvalue weighted by atomic mass is 10.1. The second-order valence-electron chi connectivity index (χ2n) is 4.54. The van der Waals surface area contributed by atoms with E-state index in [0.29, 0.717) is 19.3 Å². The predicted molar refractivity (Wildman–Crippen MR) is 73.2 cm³/mol. The first kappa shape index (κ1) is 17.2. The number of carboxylic acid groups (broad SMARTS) is 1. The van der Waals surface area contributed by atoms with Crippen molar-refractivity contribution in [2.24, 2.45) is 0 Å². The molecule has 106 valence electrons. The van der Waals surface area contributed by atoms with E-state index in [9.17, 15) is 18.3 Å². The first-order valence-electron chi connectivity index (χ1n) is 6.49. The molecule has 18 heavy (non-hydrogen) atoms. The molecular formula is C13H24O4S. The summed E-state index contributed by atoms with van der Waals surface area (Å²) in [6.07, 6.45) is 5.95. The van der Waals surface area contributed by atoms with Gasteiger partial charge in [-0.3, -0.25) is 0 Å². The van der Waals surface area contributed by atoms with Gasteiger partial charge >= 0.3 is 5.97 Å². The third kappa shape index (κ3) is 6.19. The molecule has 0 aromatic carbocycles. The summed E-state index contributed by atoms with van der Waals surface area (Å²) in [5.41, 5.74) is 0.0828. The third-order valence-electron chi connectivity index (χ3n) is 2.83. The van der Waals surface area contributed by atoms with Gasteiger partial charge in [0.15, 0.2) is 9.84 Å². The van der Waals surface area contributed by atoms with Gasteiger partial charge in [0.2, 0.25) is 0 Å². The van der Waals surface area contributed by atoms with E-state index in [0.717, 1.165) is 31.9 Å². The molecule has 0 saturated carbocycles. The molecule has 0 bridgehead atoms. The minimum absolute atomic E-state index is 0.0828. The van der Waals surface area contributed by atoms with Crippen LogP contribution in [0.1, 0.15) is 58.8 Å². The molecule has 0 unspecified atom stereocenters. The van der Waals surface area contributed by atoms with Crippen LogP contribution in [0.2, 0.25) is 0 Å². The summed E-state index contributed by atoms with van der Waals surface area (Å²) >= 11 is 0. The van der Waals surface area contributed by atoms with Crippen LogP contribution >= 0.6 is 0 Å². The van der Waals surface area contributed by atoms with Crippen LogP contribution in [0.5, 0.6) is 0 Å². The fourth-order valence-corrected chi connectivity index (χ4v) is 2.97. The van der Waals surface area contributed by atoms with E-state index in [2.05, 4.69) is 0 Å². The number of rotatable bonds is 9. The summed E-state index contributed by atoms with van der Waals surface area (Å²) in [6, 6.07) is 0. The van der Waals surface area contributed by atoms with Gasteiger partial charge in [-0.25, -0.2) is 13.2 Å².